The molecule has 0 aromatic carbocycles. The molecule has 0 aliphatic carbocycles. The number of hydrogen-bond acceptors (Lipinski definition) is 4. The first-order valence-electron chi connectivity index (χ1n) is 9.38. The predicted molar refractivity (Wildman–Crippen MR) is 101 cm³/mol. The summed E-state index contributed by atoms with van der Waals surface area (Å²) >= 11 is 0. The molecule has 3 rings (SSSR count). The van der Waals surface area contributed by atoms with Crippen LogP contribution in [0.4, 0.5) is 0 Å². The third-order valence-corrected chi connectivity index (χ3v) is 7.37. The minimum atomic E-state index is -3.15. The Bertz CT molecular complexity index is 807. The molecule has 0 spiro atoms. The second kappa shape index (κ2) is 6.64. The van der Waals surface area contributed by atoms with Crippen molar-refractivity contribution < 1.29 is 13.2 Å². The van der Waals surface area contributed by atoms with Gasteiger partial charge in [0.25, 0.3) is 5.91 Å². The van der Waals surface area contributed by atoms with E-state index in [2.05, 4.69) is 25.9 Å². The van der Waals surface area contributed by atoms with Crippen LogP contribution in [0.2, 0.25) is 0 Å². The van der Waals surface area contributed by atoms with E-state index in [0.717, 1.165) is 24.2 Å². The van der Waals surface area contributed by atoms with E-state index in [1.54, 1.807) is 4.31 Å². The number of amides is 1. The summed E-state index contributed by atoms with van der Waals surface area (Å²) < 4.78 is 28.0. The first kappa shape index (κ1) is 19.4. The Balaban J connectivity index is 1.84. The van der Waals surface area contributed by atoms with Crippen molar-refractivity contribution in [2.24, 2.45) is 0 Å². The number of sulfonamides is 1. The van der Waals surface area contributed by atoms with Crippen molar-refractivity contribution in [1.82, 2.24) is 19.0 Å². The van der Waals surface area contributed by atoms with Crippen LogP contribution in [-0.4, -0.2) is 64.7 Å². The lowest BCUT2D eigenvalue weighted by Gasteiger charge is -2.36. The summed E-state index contributed by atoms with van der Waals surface area (Å²) in [4.78, 5) is 15.0. The molecule has 1 amide bonds. The number of rotatable bonds is 2. The Morgan fingerprint density at radius 3 is 2.38 bits per heavy atom. The van der Waals surface area contributed by atoms with Gasteiger partial charge in [-0.2, -0.15) is 9.40 Å². The van der Waals surface area contributed by atoms with Crippen LogP contribution >= 0.6 is 0 Å². The number of piperidine rings is 1. The summed E-state index contributed by atoms with van der Waals surface area (Å²) in [6.07, 6.45) is 2.33. The molecule has 7 nitrogen and oxygen atoms in total. The standard InChI is InChI=1S/C18H30N4O3S/c1-13-16(14(2)22(19-13)18(3,4)5)17(23)20-9-6-8-15(12-20)21-10-7-11-26(21,24)25/h15H,6-12H2,1-5H3. The highest BCUT2D eigenvalue weighted by Gasteiger charge is 2.38. The van der Waals surface area contributed by atoms with E-state index < -0.39 is 10.0 Å². The monoisotopic (exact) mass is 382 g/mol. The quantitative estimate of drug-likeness (QED) is 0.783. The number of carbonyl (C=O) groups excluding carboxylic acids is 1. The summed E-state index contributed by atoms with van der Waals surface area (Å²) in [5.41, 5.74) is 2.07. The maximum absolute atomic E-state index is 13.2. The van der Waals surface area contributed by atoms with Crippen LogP contribution < -0.4 is 0 Å². The van der Waals surface area contributed by atoms with Crippen molar-refractivity contribution in [3.63, 3.8) is 0 Å². The third kappa shape index (κ3) is 3.41. The number of aryl methyl sites for hydroxylation is 1. The highest BCUT2D eigenvalue weighted by Crippen LogP contribution is 2.27. The van der Waals surface area contributed by atoms with E-state index in [4.69, 9.17) is 0 Å². The Morgan fingerprint density at radius 1 is 1.15 bits per heavy atom. The zero-order valence-electron chi connectivity index (χ0n) is 16.4. The topological polar surface area (TPSA) is 75.5 Å². The lowest BCUT2D eigenvalue weighted by Crippen LogP contribution is -2.50. The first-order chi connectivity index (χ1) is 12.0. The molecule has 2 saturated heterocycles. The summed E-state index contributed by atoms with van der Waals surface area (Å²) in [6, 6.07) is -0.0986. The van der Waals surface area contributed by atoms with Gasteiger partial charge < -0.3 is 4.90 Å². The van der Waals surface area contributed by atoms with Crippen LogP contribution in [0.1, 0.15) is 61.8 Å². The summed E-state index contributed by atoms with van der Waals surface area (Å²) in [5, 5.41) is 4.58. The van der Waals surface area contributed by atoms with Gasteiger partial charge in [-0.05, 0) is 53.9 Å². The molecule has 1 unspecified atom stereocenters. The second-order valence-corrected chi connectivity index (χ2v) is 10.5. The van der Waals surface area contributed by atoms with E-state index in [0.29, 0.717) is 31.6 Å². The van der Waals surface area contributed by atoms with Crippen LogP contribution in [0.15, 0.2) is 0 Å². The van der Waals surface area contributed by atoms with E-state index in [9.17, 15) is 13.2 Å². The van der Waals surface area contributed by atoms with Crippen LogP contribution in [0.3, 0.4) is 0 Å². The van der Waals surface area contributed by atoms with E-state index in [-0.39, 0.29) is 23.2 Å². The Kier molecular flexibility index (Phi) is 4.94. The molecule has 1 atom stereocenters. The number of hydrogen-bond donors (Lipinski definition) is 0. The van der Waals surface area contributed by atoms with Crippen LogP contribution in [0, 0.1) is 13.8 Å². The molecule has 3 heterocycles. The third-order valence-electron chi connectivity index (χ3n) is 5.37. The van der Waals surface area contributed by atoms with Crippen molar-refractivity contribution in [2.45, 2.75) is 65.5 Å². The van der Waals surface area contributed by atoms with Crippen LogP contribution in [0.5, 0.6) is 0 Å². The van der Waals surface area contributed by atoms with Gasteiger partial charge in [-0.3, -0.25) is 9.48 Å². The normalized spacial score (nSPS) is 24.2. The van der Waals surface area contributed by atoms with Crippen molar-refractivity contribution in [3.8, 4) is 0 Å². The summed E-state index contributed by atoms with van der Waals surface area (Å²) in [6.45, 7) is 11.7. The Labute approximate surface area is 156 Å². The summed E-state index contributed by atoms with van der Waals surface area (Å²) in [5.74, 6) is 0.199. The molecule has 8 heteroatoms. The molecular formula is C18H30N4O3S. The van der Waals surface area contributed by atoms with E-state index in [1.165, 1.54) is 0 Å². The molecule has 0 radical (unpaired) electrons. The smallest absolute Gasteiger partial charge is 0.257 e. The van der Waals surface area contributed by atoms with Gasteiger partial charge in [0.05, 0.1) is 22.5 Å². The lowest BCUT2D eigenvalue weighted by molar-refractivity contribution is 0.0657. The average molecular weight is 383 g/mol. The minimum Gasteiger partial charge on any atom is -0.337 e. The Hall–Kier alpha value is -1.41. The van der Waals surface area contributed by atoms with E-state index in [1.807, 2.05) is 23.4 Å². The van der Waals surface area contributed by atoms with Gasteiger partial charge in [0.2, 0.25) is 10.0 Å². The molecule has 1 aromatic rings. The van der Waals surface area contributed by atoms with Gasteiger partial charge in [0, 0.05) is 31.4 Å². The SMILES string of the molecule is Cc1nn(C(C)(C)C)c(C)c1C(=O)N1CCCC(N2CCCS2(=O)=O)C1. The van der Waals surface area contributed by atoms with Crippen molar-refractivity contribution in [1.29, 1.82) is 0 Å². The van der Waals surface area contributed by atoms with Gasteiger partial charge >= 0.3 is 0 Å². The maximum atomic E-state index is 13.2. The lowest BCUT2D eigenvalue weighted by atomic mass is 10.0. The van der Waals surface area contributed by atoms with Crippen molar-refractivity contribution >= 4 is 15.9 Å². The van der Waals surface area contributed by atoms with Gasteiger partial charge in [0.15, 0.2) is 0 Å². The highest BCUT2D eigenvalue weighted by molar-refractivity contribution is 7.89. The fraction of sp³-hybridized carbons (Fsp3) is 0.778. The first-order valence-corrected chi connectivity index (χ1v) is 11.0. The number of aromatic nitrogens is 2. The van der Waals surface area contributed by atoms with Crippen molar-refractivity contribution in [2.75, 3.05) is 25.4 Å². The van der Waals surface area contributed by atoms with Crippen LogP contribution in [-0.2, 0) is 15.6 Å². The average Bonchev–Trinajstić information content (AvgIpc) is 3.05. The summed E-state index contributed by atoms with van der Waals surface area (Å²) in [7, 11) is -3.15. The molecule has 2 fully saturated rings. The number of carbonyl (C=O) groups is 1. The zero-order chi connectivity index (χ0) is 19.3. The molecule has 2 aliphatic rings. The molecular weight excluding hydrogens is 352 g/mol. The van der Waals surface area contributed by atoms with Crippen LogP contribution in [0.25, 0.3) is 0 Å². The largest absolute Gasteiger partial charge is 0.337 e. The number of likely N-dealkylation sites (tertiary alicyclic amines) is 1. The molecule has 1 aromatic heterocycles. The minimum absolute atomic E-state index is 0.0307. The fourth-order valence-electron chi connectivity index (χ4n) is 4.21. The molecule has 2 aliphatic heterocycles. The van der Waals surface area contributed by atoms with Gasteiger partial charge in [-0.1, -0.05) is 0 Å². The van der Waals surface area contributed by atoms with Gasteiger partial charge in [0.1, 0.15) is 0 Å². The molecule has 26 heavy (non-hydrogen) atoms. The van der Waals surface area contributed by atoms with E-state index >= 15 is 0 Å². The van der Waals surface area contributed by atoms with Gasteiger partial charge in [-0.15, -0.1) is 0 Å². The molecule has 146 valence electrons. The second-order valence-electron chi connectivity index (χ2n) is 8.46. The Morgan fingerprint density at radius 2 is 1.85 bits per heavy atom. The zero-order valence-corrected chi connectivity index (χ0v) is 17.3. The molecule has 0 bridgehead atoms. The van der Waals surface area contributed by atoms with Gasteiger partial charge in [-0.25, -0.2) is 8.42 Å². The predicted octanol–water partition coefficient (Wildman–Crippen LogP) is 1.90. The highest BCUT2D eigenvalue weighted by atomic mass is 32.2. The van der Waals surface area contributed by atoms with Crippen molar-refractivity contribution in [3.05, 3.63) is 17.0 Å². The fourth-order valence-corrected chi connectivity index (χ4v) is 5.97. The molecule has 0 saturated carbocycles. The number of nitrogens with zero attached hydrogens (tertiary/aromatic N) is 4. The molecule has 0 N–H and O–H groups in total. The maximum Gasteiger partial charge on any atom is 0.257 e.